The molecule has 2 nitrogen and oxygen atoms in total. The van der Waals surface area contributed by atoms with Crippen LogP contribution in [0.2, 0.25) is 0 Å². The summed E-state index contributed by atoms with van der Waals surface area (Å²) in [5.41, 5.74) is 4.37. The Morgan fingerprint density at radius 2 is 1.64 bits per heavy atom. The third-order valence-electron chi connectivity index (χ3n) is 6.37. The molecule has 0 amide bonds. The van der Waals surface area contributed by atoms with Gasteiger partial charge >= 0.3 is 0 Å². The van der Waals surface area contributed by atoms with Gasteiger partial charge in [-0.1, -0.05) is 59.7 Å². The van der Waals surface area contributed by atoms with Crippen LogP contribution < -0.4 is 0 Å². The molecule has 0 aliphatic rings. The van der Waals surface area contributed by atoms with Gasteiger partial charge in [-0.15, -0.1) is 11.3 Å². The van der Waals surface area contributed by atoms with Crippen LogP contribution in [-0.4, -0.2) is 9.67 Å². The van der Waals surface area contributed by atoms with Gasteiger partial charge in [0.25, 0.3) is 0 Å². The lowest BCUT2D eigenvalue weighted by atomic mass is 9.75. The second-order valence-electron chi connectivity index (χ2n) is 8.93. The maximum Gasteiger partial charge on any atom is 0.162 e. The van der Waals surface area contributed by atoms with Crippen LogP contribution in [0.1, 0.15) is 71.1 Å². The SMILES string of the molecule is CCC(C)(C)c1cc(Cn2c(=S)sc3ccccc32)c(O)c(C(C)(C)CC)c1. The lowest BCUT2D eigenvalue weighted by Crippen LogP contribution is -2.21. The molecular formula is C24H31NOS2. The summed E-state index contributed by atoms with van der Waals surface area (Å²) in [5.74, 6) is 0.416. The molecule has 28 heavy (non-hydrogen) atoms. The van der Waals surface area contributed by atoms with E-state index in [9.17, 15) is 5.11 Å². The first-order valence-electron chi connectivity index (χ1n) is 10.1. The molecule has 1 N–H and O–H groups in total. The van der Waals surface area contributed by atoms with Crippen molar-refractivity contribution in [1.29, 1.82) is 0 Å². The van der Waals surface area contributed by atoms with Gasteiger partial charge in [-0.2, -0.15) is 0 Å². The van der Waals surface area contributed by atoms with E-state index in [0.29, 0.717) is 12.3 Å². The Hall–Kier alpha value is -1.65. The largest absolute Gasteiger partial charge is 0.507 e. The number of hydrogen-bond acceptors (Lipinski definition) is 3. The maximum atomic E-state index is 11.2. The summed E-state index contributed by atoms with van der Waals surface area (Å²) in [7, 11) is 0. The molecule has 0 radical (unpaired) electrons. The topological polar surface area (TPSA) is 25.2 Å². The molecule has 2 aromatic carbocycles. The minimum atomic E-state index is -0.0865. The Labute approximate surface area is 177 Å². The minimum Gasteiger partial charge on any atom is -0.507 e. The van der Waals surface area contributed by atoms with Crippen LogP contribution >= 0.6 is 23.6 Å². The molecule has 0 bridgehead atoms. The smallest absolute Gasteiger partial charge is 0.162 e. The molecule has 3 aromatic rings. The Kier molecular flexibility index (Phi) is 5.75. The number of hydrogen-bond donors (Lipinski definition) is 1. The number of phenolic OH excluding ortho intramolecular Hbond substituents is 1. The van der Waals surface area contributed by atoms with Gasteiger partial charge in [-0.05, 0) is 59.7 Å². The number of phenols is 1. The zero-order valence-corrected chi connectivity index (χ0v) is 19.4. The standard InChI is InChI=1S/C24H31NOS2/c1-7-23(3,4)17-13-16(21(26)18(14-17)24(5,6)8-2)15-25-19-11-9-10-12-20(19)28-22(25)27/h9-14,26H,7-8,15H2,1-6H3. The average Bonchev–Trinajstić information content (AvgIpc) is 2.98. The fourth-order valence-corrected chi connectivity index (χ4v) is 4.77. The Balaban J connectivity index is 2.22. The first kappa shape index (κ1) is 21.1. The summed E-state index contributed by atoms with van der Waals surface area (Å²) in [6.45, 7) is 14.0. The zero-order chi connectivity index (χ0) is 20.7. The van der Waals surface area contributed by atoms with E-state index in [1.807, 2.05) is 12.1 Å². The van der Waals surface area contributed by atoms with E-state index in [4.69, 9.17) is 12.2 Å². The zero-order valence-electron chi connectivity index (χ0n) is 17.8. The molecule has 1 aromatic heterocycles. The van der Waals surface area contributed by atoms with Crippen molar-refractivity contribution < 1.29 is 5.11 Å². The summed E-state index contributed by atoms with van der Waals surface area (Å²) >= 11 is 7.28. The number of fused-ring (bicyclic) bond motifs is 1. The minimum absolute atomic E-state index is 0.0548. The Morgan fingerprint density at radius 1 is 1.00 bits per heavy atom. The molecule has 0 atom stereocenters. The molecule has 0 saturated heterocycles. The van der Waals surface area contributed by atoms with E-state index in [2.05, 4.69) is 70.4 Å². The summed E-state index contributed by atoms with van der Waals surface area (Å²) in [5, 5.41) is 11.2. The average molecular weight is 414 g/mol. The fourth-order valence-electron chi connectivity index (χ4n) is 3.45. The lowest BCUT2D eigenvalue weighted by molar-refractivity contribution is 0.418. The van der Waals surface area contributed by atoms with Crippen LogP contribution in [0.15, 0.2) is 36.4 Å². The molecule has 150 valence electrons. The second kappa shape index (κ2) is 7.64. The molecule has 0 aliphatic heterocycles. The van der Waals surface area contributed by atoms with Gasteiger partial charge in [0, 0.05) is 11.1 Å². The number of nitrogens with zero attached hydrogens (tertiary/aromatic N) is 1. The summed E-state index contributed by atoms with van der Waals surface area (Å²) < 4.78 is 4.18. The molecule has 0 spiro atoms. The molecule has 3 rings (SSSR count). The highest BCUT2D eigenvalue weighted by Gasteiger charge is 2.28. The lowest BCUT2D eigenvalue weighted by Gasteiger charge is -2.31. The number of aromatic nitrogens is 1. The molecule has 0 aliphatic carbocycles. The van der Waals surface area contributed by atoms with Crippen molar-refractivity contribution in [1.82, 2.24) is 4.57 Å². The number of para-hydroxylation sites is 1. The van der Waals surface area contributed by atoms with Gasteiger partial charge in [-0.25, -0.2) is 0 Å². The molecule has 4 heteroatoms. The Morgan fingerprint density at radius 3 is 2.29 bits per heavy atom. The maximum absolute atomic E-state index is 11.2. The summed E-state index contributed by atoms with van der Waals surface area (Å²) in [6, 6.07) is 12.7. The molecule has 0 saturated carbocycles. The third-order valence-corrected chi connectivity index (χ3v) is 7.80. The monoisotopic (exact) mass is 413 g/mol. The number of benzene rings is 2. The molecular weight excluding hydrogens is 382 g/mol. The molecule has 0 unspecified atom stereocenters. The van der Waals surface area contributed by atoms with Crippen LogP contribution in [0, 0.1) is 3.95 Å². The van der Waals surface area contributed by atoms with Crippen molar-refractivity contribution in [3.63, 3.8) is 0 Å². The summed E-state index contributed by atoms with van der Waals surface area (Å²) in [4.78, 5) is 0. The van der Waals surface area contributed by atoms with Crippen LogP contribution in [0.4, 0.5) is 0 Å². The van der Waals surface area contributed by atoms with Crippen LogP contribution in [0.25, 0.3) is 10.2 Å². The van der Waals surface area contributed by atoms with Crippen molar-refractivity contribution in [2.75, 3.05) is 0 Å². The Bertz CT molecular complexity index is 1060. The van der Waals surface area contributed by atoms with E-state index < -0.39 is 0 Å². The van der Waals surface area contributed by atoms with Crippen molar-refractivity contribution >= 4 is 33.8 Å². The highest BCUT2D eigenvalue weighted by atomic mass is 32.1. The van der Waals surface area contributed by atoms with Crippen LogP contribution in [0.3, 0.4) is 0 Å². The van der Waals surface area contributed by atoms with Gasteiger partial charge in [0.05, 0.1) is 16.8 Å². The number of aromatic hydroxyl groups is 1. The van der Waals surface area contributed by atoms with E-state index in [1.54, 1.807) is 11.3 Å². The van der Waals surface area contributed by atoms with E-state index >= 15 is 0 Å². The predicted octanol–water partition coefficient (Wildman–Crippen LogP) is 7.56. The van der Waals surface area contributed by atoms with Gasteiger partial charge in [0.2, 0.25) is 0 Å². The molecule has 0 fully saturated rings. The summed E-state index contributed by atoms with van der Waals surface area (Å²) in [6.07, 6.45) is 2.01. The second-order valence-corrected chi connectivity index (χ2v) is 10.6. The quantitative estimate of drug-likeness (QED) is 0.422. The number of rotatable bonds is 6. The van der Waals surface area contributed by atoms with E-state index in [-0.39, 0.29) is 10.8 Å². The normalized spacial score (nSPS) is 12.6. The van der Waals surface area contributed by atoms with Gasteiger partial charge in [0.15, 0.2) is 3.95 Å². The van der Waals surface area contributed by atoms with Crippen molar-refractivity contribution in [2.45, 2.75) is 71.8 Å². The third kappa shape index (κ3) is 3.77. The van der Waals surface area contributed by atoms with E-state index in [1.165, 1.54) is 10.3 Å². The van der Waals surface area contributed by atoms with Gasteiger partial charge in [-0.3, -0.25) is 0 Å². The predicted molar refractivity (Wildman–Crippen MR) is 124 cm³/mol. The van der Waals surface area contributed by atoms with Crippen LogP contribution in [-0.2, 0) is 17.4 Å². The first-order valence-corrected chi connectivity index (χ1v) is 11.3. The highest BCUT2D eigenvalue weighted by Crippen LogP contribution is 2.41. The van der Waals surface area contributed by atoms with Gasteiger partial charge < -0.3 is 9.67 Å². The van der Waals surface area contributed by atoms with Gasteiger partial charge in [0.1, 0.15) is 5.75 Å². The fraction of sp³-hybridized carbons (Fsp3) is 0.458. The van der Waals surface area contributed by atoms with E-state index in [0.717, 1.165) is 33.4 Å². The van der Waals surface area contributed by atoms with Crippen molar-refractivity contribution in [3.05, 3.63) is 57.0 Å². The van der Waals surface area contributed by atoms with Crippen molar-refractivity contribution in [2.24, 2.45) is 0 Å². The van der Waals surface area contributed by atoms with Crippen LogP contribution in [0.5, 0.6) is 5.75 Å². The highest BCUT2D eigenvalue weighted by molar-refractivity contribution is 7.73. The first-order chi connectivity index (χ1) is 13.1. The number of thiazole rings is 1. The van der Waals surface area contributed by atoms with Crippen molar-refractivity contribution in [3.8, 4) is 5.75 Å². The molecule has 1 heterocycles.